The van der Waals surface area contributed by atoms with Gasteiger partial charge in [-0.05, 0) is 57.3 Å². The summed E-state index contributed by atoms with van der Waals surface area (Å²) < 4.78 is 10.4. The molecule has 0 heterocycles. The number of hydrogen-bond acceptors (Lipinski definition) is 7. The molecule has 0 rings (SSSR count). The summed E-state index contributed by atoms with van der Waals surface area (Å²) >= 11 is 0. The van der Waals surface area contributed by atoms with Crippen LogP contribution < -0.4 is 0 Å². The summed E-state index contributed by atoms with van der Waals surface area (Å²) in [5.41, 5.74) is 0. The van der Waals surface area contributed by atoms with Crippen LogP contribution in [0.2, 0.25) is 0 Å². The molecule has 0 aromatic heterocycles. The zero-order valence-corrected chi connectivity index (χ0v) is 28.3. The van der Waals surface area contributed by atoms with Crippen molar-refractivity contribution in [3.8, 4) is 0 Å². The van der Waals surface area contributed by atoms with Crippen LogP contribution in [0.4, 0.5) is 0 Å². The van der Waals surface area contributed by atoms with E-state index in [4.69, 9.17) is 9.47 Å². The Balaban J connectivity index is 3.89. The number of aliphatic hydroxyl groups is 3. The lowest BCUT2D eigenvalue weighted by Gasteiger charge is -2.17. The predicted molar refractivity (Wildman–Crippen MR) is 180 cm³/mol. The molecule has 0 aliphatic carbocycles. The lowest BCUT2D eigenvalue weighted by molar-refractivity contribution is -0.161. The van der Waals surface area contributed by atoms with E-state index in [1.54, 1.807) is 0 Å². The molecule has 0 fully saturated rings. The van der Waals surface area contributed by atoms with Gasteiger partial charge in [0, 0.05) is 12.8 Å². The van der Waals surface area contributed by atoms with Gasteiger partial charge in [0.05, 0.1) is 18.8 Å². The van der Waals surface area contributed by atoms with Gasteiger partial charge in [0.1, 0.15) is 6.61 Å². The van der Waals surface area contributed by atoms with Crippen LogP contribution in [0.1, 0.15) is 149 Å². The van der Waals surface area contributed by atoms with Gasteiger partial charge in [-0.1, -0.05) is 121 Å². The van der Waals surface area contributed by atoms with Gasteiger partial charge in [-0.15, -0.1) is 0 Å². The first-order valence-electron chi connectivity index (χ1n) is 17.6. The molecule has 0 aromatic rings. The highest BCUT2D eigenvalue weighted by Gasteiger charge is 2.18. The number of allylic oxidation sites excluding steroid dienone is 5. The van der Waals surface area contributed by atoms with Gasteiger partial charge in [-0.3, -0.25) is 9.59 Å². The fourth-order valence-corrected chi connectivity index (χ4v) is 4.72. The van der Waals surface area contributed by atoms with Crippen molar-refractivity contribution in [2.45, 2.75) is 167 Å². The molecule has 7 nitrogen and oxygen atoms in total. The van der Waals surface area contributed by atoms with Gasteiger partial charge in [0.25, 0.3) is 0 Å². The average Bonchev–Trinajstić information content (AvgIpc) is 3.00. The highest BCUT2D eigenvalue weighted by atomic mass is 16.6. The molecule has 0 bridgehead atoms. The monoisotopic (exact) mass is 622 g/mol. The number of carbonyl (C=O) groups is 2. The third-order valence-corrected chi connectivity index (χ3v) is 7.57. The third-order valence-electron chi connectivity index (χ3n) is 7.57. The van der Waals surface area contributed by atoms with Gasteiger partial charge in [-0.2, -0.15) is 0 Å². The van der Waals surface area contributed by atoms with Crippen LogP contribution in [0.3, 0.4) is 0 Å². The van der Waals surface area contributed by atoms with Crippen molar-refractivity contribution in [2.75, 3.05) is 13.2 Å². The highest BCUT2D eigenvalue weighted by Crippen LogP contribution is 2.14. The van der Waals surface area contributed by atoms with Crippen molar-refractivity contribution in [1.29, 1.82) is 0 Å². The van der Waals surface area contributed by atoms with Crippen molar-refractivity contribution in [3.05, 3.63) is 36.5 Å². The van der Waals surface area contributed by atoms with E-state index < -0.39 is 30.9 Å². The lowest BCUT2D eigenvalue weighted by atomic mass is 10.0. The van der Waals surface area contributed by atoms with Crippen LogP contribution in [0.5, 0.6) is 0 Å². The second-order valence-electron chi connectivity index (χ2n) is 12.4. The summed E-state index contributed by atoms with van der Waals surface area (Å²) in [6, 6.07) is 0. The average molecular weight is 623 g/mol. The van der Waals surface area contributed by atoms with E-state index in [9.17, 15) is 24.9 Å². The molecule has 0 spiro atoms. The normalized spacial score (nSPS) is 14.2. The van der Waals surface area contributed by atoms with Gasteiger partial charge in [0.2, 0.25) is 0 Å². The minimum absolute atomic E-state index is 0.0413. The molecule has 0 radical (unpaired) electrons. The predicted octanol–water partition coefficient (Wildman–Crippen LogP) is 8.30. The Labute approximate surface area is 269 Å². The molecule has 0 saturated carbocycles. The van der Waals surface area contributed by atoms with Crippen molar-refractivity contribution >= 4 is 11.9 Å². The topological polar surface area (TPSA) is 113 Å². The molecule has 0 saturated heterocycles. The summed E-state index contributed by atoms with van der Waals surface area (Å²) in [6.45, 7) is 6.13. The first-order chi connectivity index (χ1) is 21.3. The Kier molecular flexibility index (Phi) is 29.7. The number of ether oxygens (including phenoxy) is 2. The van der Waals surface area contributed by atoms with Crippen LogP contribution in [0, 0.1) is 5.92 Å². The molecule has 0 amide bonds. The minimum Gasteiger partial charge on any atom is -0.462 e. The van der Waals surface area contributed by atoms with Crippen LogP contribution in [-0.2, 0) is 19.1 Å². The van der Waals surface area contributed by atoms with Gasteiger partial charge in [0.15, 0.2) is 6.10 Å². The molecule has 2 unspecified atom stereocenters. The van der Waals surface area contributed by atoms with Gasteiger partial charge < -0.3 is 24.8 Å². The molecule has 0 aromatic carbocycles. The highest BCUT2D eigenvalue weighted by molar-refractivity contribution is 5.70. The Morgan fingerprint density at radius 2 is 1.25 bits per heavy atom. The molecule has 44 heavy (non-hydrogen) atoms. The van der Waals surface area contributed by atoms with Crippen LogP contribution in [-0.4, -0.2) is 58.8 Å². The van der Waals surface area contributed by atoms with Crippen molar-refractivity contribution < 1.29 is 34.4 Å². The maximum Gasteiger partial charge on any atom is 0.306 e. The van der Waals surface area contributed by atoms with Crippen LogP contribution in [0.15, 0.2) is 36.5 Å². The maximum absolute atomic E-state index is 12.2. The zero-order chi connectivity index (χ0) is 32.7. The largest absolute Gasteiger partial charge is 0.462 e. The standard InChI is InChI=1S/C37H66O7/c1-4-5-6-7-8-9-10-11-12-16-19-22-26-34(39)35(40)27-24-29-37(42)44-33(30-38)31-43-36(41)28-23-20-17-14-13-15-18-21-25-32(2)3/h8-9,11-12,19,22,32-35,38-40H,4-7,10,13-18,20-21,23-31H2,1-3H3/b9-8-,12-11-,22-19-/t33-,34?,35?/m0/s1. The van der Waals surface area contributed by atoms with E-state index in [0.717, 1.165) is 44.4 Å². The smallest absolute Gasteiger partial charge is 0.306 e. The third kappa shape index (κ3) is 28.8. The summed E-state index contributed by atoms with van der Waals surface area (Å²) in [4.78, 5) is 24.2. The number of unbranched alkanes of at least 4 members (excludes halogenated alkanes) is 10. The number of hydrogen-bond donors (Lipinski definition) is 3. The van der Waals surface area contributed by atoms with E-state index in [1.807, 2.05) is 12.2 Å². The molecule has 0 aliphatic heterocycles. The quantitative estimate of drug-likeness (QED) is 0.0419. The van der Waals surface area contributed by atoms with E-state index in [2.05, 4.69) is 45.1 Å². The Morgan fingerprint density at radius 1 is 0.659 bits per heavy atom. The molecule has 0 aliphatic rings. The van der Waals surface area contributed by atoms with E-state index >= 15 is 0 Å². The fraction of sp³-hybridized carbons (Fsp3) is 0.784. The Morgan fingerprint density at radius 3 is 1.89 bits per heavy atom. The van der Waals surface area contributed by atoms with Crippen LogP contribution in [0.25, 0.3) is 0 Å². The second-order valence-corrected chi connectivity index (χ2v) is 12.4. The number of carbonyl (C=O) groups excluding carboxylic acids is 2. The van der Waals surface area contributed by atoms with Crippen molar-refractivity contribution in [3.63, 3.8) is 0 Å². The first-order valence-corrected chi connectivity index (χ1v) is 17.6. The zero-order valence-electron chi connectivity index (χ0n) is 28.3. The SMILES string of the molecule is CCCCC/C=C\C/C=C\C/C=C\CC(O)C(O)CCCC(=O)O[C@@H](CO)COC(=O)CCCCCCCCCCC(C)C. The van der Waals surface area contributed by atoms with Crippen molar-refractivity contribution in [2.24, 2.45) is 5.92 Å². The molecule has 3 atom stereocenters. The second kappa shape index (κ2) is 31.0. The molecule has 256 valence electrons. The van der Waals surface area contributed by atoms with Crippen LogP contribution >= 0.6 is 0 Å². The molecule has 3 N–H and O–H groups in total. The molecule has 7 heteroatoms. The Bertz CT molecular complexity index is 759. The summed E-state index contributed by atoms with van der Waals surface area (Å²) in [5, 5.41) is 29.9. The lowest BCUT2D eigenvalue weighted by Crippen LogP contribution is -2.29. The summed E-state index contributed by atoms with van der Waals surface area (Å²) in [7, 11) is 0. The first kappa shape index (κ1) is 42.0. The number of esters is 2. The molecular formula is C37H66O7. The van der Waals surface area contributed by atoms with E-state index in [-0.39, 0.29) is 25.4 Å². The van der Waals surface area contributed by atoms with E-state index in [0.29, 0.717) is 19.3 Å². The Hall–Kier alpha value is -1.96. The number of rotatable bonds is 30. The minimum atomic E-state index is -0.940. The van der Waals surface area contributed by atoms with Crippen molar-refractivity contribution in [1.82, 2.24) is 0 Å². The number of aliphatic hydroxyl groups excluding tert-OH is 3. The van der Waals surface area contributed by atoms with E-state index in [1.165, 1.54) is 57.8 Å². The van der Waals surface area contributed by atoms with Gasteiger partial charge in [-0.25, -0.2) is 0 Å². The summed E-state index contributed by atoms with van der Waals surface area (Å²) in [6.07, 6.45) is 28.2. The summed E-state index contributed by atoms with van der Waals surface area (Å²) in [5.74, 6) is -0.0940. The fourth-order valence-electron chi connectivity index (χ4n) is 4.72. The van der Waals surface area contributed by atoms with Gasteiger partial charge >= 0.3 is 11.9 Å². The molecular weight excluding hydrogens is 556 g/mol. The maximum atomic E-state index is 12.2.